The smallest absolute Gasteiger partial charge is 0.240 e. The Morgan fingerprint density at radius 2 is 1.80 bits per heavy atom. The van der Waals surface area contributed by atoms with Crippen LogP contribution in [0.3, 0.4) is 0 Å². The van der Waals surface area contributed by atoms with E-state index < -0.39 is 10.0 Å². The number of sulfonamides is 1. The van der Waals surface area contributed by atoms with Crippen molar-refractivity contribution in [3.05, 3.63) is 46.9 Å². The molecule has 0 unspecified atom stereocenters. The molecule has 0 saturated carbocycles. The number of nitrogen functional groups attached to an aromatic ring is 1. The minimum Gasteiger partial charge on any atom is -0.455 e. The minimum absolute atomic E-state index is 0.0984. The van der Waals surface area contributed by atoms with E-state index >= 15 is 0 Å². The molecule has 0 aliphatic rings. The van der Waals surface area contributed by atoms with Crippen LogP contribution in [0.4, 0.5) is 5.69 Å². The molecule has 0 radical (unpaired) electrons. The fourth-order valence-electron chi connectivity index (χ4n) is 1.52. The quantitative estimate of drug-likeness (QED) is 0.825. The fourth-order valence-corrected chi connectivity index (χ4v) is 2.53. The van der Waals surface area contributed by atoms with Gasteiger partial charge in [-0.25, -0.2) is 13.1 Å². The summed E-state index contributed by atoms with van der Waals surface area (Å²) in [4.78, 5) is 0.0984. The van der Waals surface area contributed by atoms with Gasteiger partial charge >= 0.3 is 0 Å². The van der Waals surface area contributed by atoms with Gasteiger partial charge in [-0.1, -0.05) is 15.9 Å². The predicted molar refractivity (Wildman–Crippen MR) is 81.3 cm³/mol. The average Bonchev–Trinajstić information content (AvgIpc) is 2.43. The lowest BCUT2D eigenvalue weighted by molar-refractivity contribution is 0.483. The summed E-state index contributed by atoms with van der Waals surface area (Å²) in [5.41, 5.74) is 6.17. The summed E-state index contributed by atoms with van der Waals surface area (Å²) in [6.45, 7) is 0. The molecule has 2 aromatic rings. The topological polar surface area (TPSA) is 81.4 Å². The molecule has 3 N–H and O–H groups in total. The second kappa shape index (κ2) is 5.82. The first-order valence-electron chi connectivity index (χ1n) is 5.69. The largest absolute Gasteiger partial charge is 0.455 e. The monoisotopic (exact) mass is 356 g/mol. The number of nitrogens with one attached hydrogen (secondary N) is 1. The molecule has 7 heteroatoms. The first-order valence-corrected chi connectivity index (χ1v) is 7.96. The van der Waals surface area contributed by atoms with Crippen LogP contribution in [0.1, 0.15) is 0 Å². The maximum absolute atomic E-state index is 11.7. The number of benzene rings is 2. The Morgan fingerprint density at radius 3 is 2.40 bits per heavy atom. The van der Waals surface area contributed by atoms with E-state index in [9.17, 15) is 8.42 Å². The van der Waals surface area contributed by atoms with Crippen LogP contribution in [0.15, 0.2) is 51.8 Å². The lowest BCUT2D eigenvalue weighted by Crippen LogP contribution is -2.18. The fraction of sp³-hybridized carbons (Fsp3) is 0.0769. The Labute approximate surface area is 125 Å². The van der Waals surface area contributed by atoms with Crippen LogP contribution in [0.2, 0.25) is 0 Å². The van der Waals surface area contributed by atoms with E-state index in [0.29, 0.717) is 17.2 Å². The number of anilines is 1. The SMILES string of the molecule is CNS(=O)(=O)c1ccc(N)c(Oc2ccc(Br)cc2)c1. The van der Waals surface area contributed by atoms with Gasteiger partial charge in [0.05, 0.1) is 10.6 Å². The molecule has 5 nitrogen and oxygen atoms in total. The van der Waals surface area contributed by atoms with Crippen molar-refractivity contribution in [3.8, 4) is 11.5 Å². The summed E-state index contributed by atoms with van der Waals surface area (Å²) in [5.74, 6) is 0.863. The van der Waals surface area contributed by atoms with E-state index in [2.05, 4.69) is 20.7 Å². The van der Waals surface area contributed by atoms with Crippen molar-refractivity contribution in [1.82, 2.24) is 4.72 Å². The molecule has 0 fully saturated rings. The van der Waals surface area contributed by atoms with Gasteiger partial charge < -0.3 is 10.5 Å². The van der Waals surface area contributed by atoms with Crippen LogP contribution < -0.4 is 15.2 Å². The second-order valence-electron chi connectivity index (χ2n) is 3.96. The standard InChI is InChI=1S/C13H13BrN2O3S/c1-16-20(17,18)11-6-7-12(15)13(8-11)19-10-4-2-9(14)3-5-10/h2-8,16H,15H2,1H3. The Morgan fingerprint density at radius 1 is 1.15 bits per heavy atom. The third kappa shape index (κ3) is 3.30. The van der Waals surface area contributed by atoms with Crippen LogP contribution in [-0.4, -0.2) is 15.5 Å². The molecule has 20 heavy (non-hydrogen) atoms. The van der Waals surface area contributed by atoms with Crippen molar-refractivity contribution in [2.45, 2.75) is 4.90 Å². The summed E-state index contributed by atoms with van der Waals surface area (Å²) in [6.07, 6.45) is 0. The van der Waals surface area contributed by atoms with E-state index in [0.717, 1.165) is 4.47 Å². The van der Waals surface area contributed by atoms with Crippen LogP contribution in [0.5, 0.6) is 11.5 Å². The van der Waals surface area contributed by atoms with Crippen molar-refractivity contribution >= 4 is 31.6 Å². The highest BCUT2D eigenvalue weighted by atomic mass is 79.9. The van der Waals surface area contributed by atoms with Gasteiger partial charge in [-0.3, -0.25) is 0 Å². The number of nitrogens with two attached hydrogens (primary N) is 1. The van der Waals surface area contributed by atoms with Gasteiger partial charge in [0.2, 0.25) is 10.0 Å². The van der Waals surface area contributed by atoms with E-state index in [1.54, 1.807) is 12.1 Å². The Hall–Kier alpha value is -1.57. The summed E-state index contributed by atoms with van der Waals surface area (Å²) in [7, 11) is -2.18. The molecule has 0 spiro atoms. The zero-order valence-corrected chi connectivity index (χ0v) is 13.0. The molecule has 0 atom stereocenters. The van der Waals surface area contributed by atoms with Crippen LogP contribution >= 0.6 is 15.9 Å². The zero-order chi connectivity index (χ0) is 14.8. The van der Waals surface area contributed by atoms with Crippen molar-refractivity contribution < 1.29 is 13.2 Å². The molecule has 0 amide bonds. The molecule has 0 saturated heterocycles. The lowest BCUT2D eigenvalue weighted by atomic mass is 10.3. The third-order valence-corrected chi connectivity index (χ3v) is 4.55. The highest BCUT2D eigenvalue weighted by Crippen LogP contribution is 2.30. The maximum Gasteiger partial charge on any atom is 0.240 e. The molecular weight excluding hydrogens is 344 g/mol. The average molecular weight is 357 g/mol. The summed E-state index contributed by atoms with van der Waals surface area (Å²) < 4.78 is 32.3. The molecule has 2 rings (SSSR count). The van der Waals surface area contributed by atoms with E-state index in [4.69, 9.17) is 10.5 Å². The van der Waals surface area contributed by atoms with E-state index in [1.165, 1.54) is 25.2 Å². The van der Waals surface area contributed by atoms with Crippen molar-refractivity contribution in [1.29, 1.82) is 0 Å². The van der Waals surface area contributed by atoms with Crippen molar-refractivity contribution in [2.75, 3.05) is 12.8 Å². The first kappa shape index (κ1) is 14.8. The van der Waals surface area contributed by atoms with Gasteiger partial charge in [0.25, 0.3) is 0 Å². The molecule has 0 heterocycles. The zero-order valence-electron chi connectivity index (χ0n) is 10.6. The Kier molecular flexibility index (Phi) is 4.32. The number of hydrogen-bond donors (Lipinski definition) is 2. The van der Waals surface area contributed by atoms with Crippen molar-refractivity contribution in [2.24, 2.45) is 0 Å². The van der Waals surface area contributed by atoms with Crippen molar-refractivity contribution in [3.63, 3.8) is 0 Å². The Bertz CT molecular complexity index is 715. The number of halogens is 1. The maximum atomic E-state index is 11.7. The summed E-state index contributed by atoms with van der Waals surface area (Å²) >= 11 is 3.32. The van der Waals surface area contributed by atoms with Gasteiger partial charge in [0.1, 0.15) is 5.75 Å². The molecule has 0 aliphatic heterocycles. The van der Waals surface area contributed by atoms with Crippen LogP contribution in [0.25, 0.3) is 0 Å². The van der Waals surface area contributed by atoms with E-state index in [1.807, 2.05) is 12.1 Å². The molecule has 2 aromatic carbocycles. The predicted octanol–water partition coefficient (Wildman–Crippen LogP) is 2.73. The van der Waals surface area contributed by atoms with Gasteiger partial charge in [0, 0.05) is 10.5 Å². The lowest BCUT2D eigenvalue weighted by Gasteiger charge is -2.10. The van der Waals surface area contributed by atoms with Gasteiger partial charge in [-0.15, -0.1) is 0 Å². The first-order chi connectivity index (χ1) is 9.42. The number of hydrogen-bond acceptors (Lipinski definition) is 4. The molecule has 106 valence electrons. The normalized spacial score (nSPS) is 11.3. The molecule has 0 aliphatic carbocycles. The van der Waals surface area contributed by atoms with E-state index in [-0.39, 0.29) is 4.90 Å². The van der Waals surface area contributed by atoms with Crippen LogP contribution in [0, 0.1) is 0 Å². The van der Waals surface area contributed by atoms with Gasteiger partial charge in [-0.2, -0.15) is 0 Å². The van der Waals surface area contributed by atoms with Gasteiger partial charge in [-0.05, 0) is 43.4 Å². The number of ether oxygens (including phenoxy) is 1. The Balaban J connectivity index is 2.36. The summed E-state index contributed by atoms with van der Waals surface area (Å²) in [5, 5.41) is 0. The minimum atomic E-state index is -3.53. The third-order valence-electron chi connectivity index (χ3n) is 2.61. The summed E-state index contributed by atoms with van der Waals surface area (Å²) in [6, 6.07) is 11.5. The highest BCUT2D eigenvalue weighted by molar-refractivity contribution is 9.10. The molecule has 0 aromatic heterocycles. The van der Waals surface area contributed by atoms with Gasteiger partial charge in [0.15, 0.2) is 5.75 Å². The van der Waals surface area contributed by atoms with Crippen LogP contribution in [-0.2, 0) is 10.0 Å². The highest BCUT2D eigenvalue weighted by Gasteiger charge is 2.14. The molecular formula is C13H13BrN2O3S. The number of rotatable bonds is 4. The molecule has 0 bridgehead atoms. The second-order valence-corrected chi connectivity index (χ2v) is 6.77.